The quantitative estimate of drug-likeness (QED) is 0.286. The molecule has 6 heteroatoms. The van der Waals surface area contributed by atoms with Gasteiger partial charge in [-0.1, -0.05) is 30.3 Å². The molecule has 0 spiro atoms. The molecule has 3 rings (SSSR count). The third kappa shape index (κ3) is 3.89. The number of aromatic nitrogens is 1. The zero-order valence-electron chi connectivity index (χ0n) is 12.2. The van der Waals surface area contributed by atoms with E-state index in [0.29, 0.717) is 0 Å². The van der Waals surface area contributed by atoms with Crippen LogP contribution in [0.2, 0.25) is 0 Å². The second-order valence-corrected chi connectivity index (χ2v) is 6.78. The number of fused-ring (bicyclic) bond motifs is 1. The number of benzene rings is 2. The lowest BCUT2D eigenvalue weighted by Crippen LogP contribution is -2.23. The first-order valence-electron chi connectivity index (χ1n) is 7.04. The van der Waals surface area contributed by atoms with Crippen LogP contribution in [0.4, 0.5) is 0 Å². The summed E-state index contributed by atoms with van der Waals surface area (Å²) < 4.78 is 3.46. The van der Waals surface area contributed by atoms with Crippen LogP contribution in [-0.4, -0.2) is 15.9 Å². The lowest BCUT2D eigenvalue weighted by atomic mass is 10.2. The fraction of sp³-hybridized carbons (Fsp3) is 0.0588. The summed E-state index contributed by atoms with van der Waals surface area (Å²) in [7, 11) is 0. The van der Waals surface area contributed by atoms with Crippen molar-refractivity contribution in [2.75, 3.05) is 0 Å². The third-order valence-corrected chi connectivity index (χ3v) is 4.27. The van der Waals surface area contributed by atoms with Crippen LogP contribution in [0.1, 0.15) is 11.1 Å². The molecular weight excluding hydrogens is 419 g/mol. The van der Waals surface area contributed by atoms with Gasteiger partial charge >= 0.3 is 0 Å². The van der Waals surface area contributed by atoms with Crippen molar-refractivity contribution >= 4 is 57.0 Å². The molecule has 0 saturated carbocycles. The molecule has 0 saturated heterocycles. The van der Waals surface area contributed by atoms with E-state index in [0.717, 1.165) is 17.5 Å². The van der Waals surface area contributed by atoms with Gasteiger partial charge in [0.05, 0.1) is 6.21 Å². The van der Waals surface area contributed by atoms with Crippen molar-refractivity contribution in [3.8, 4) is 0 Å². The Bertz CT molecular complexity index is 868. The zero-order valence-corrected chi connectivity index (χ0v) is 15.2. The Morgan fingerprint density at radius 2 is 1.96 bits per heavy atom. The Balaban J connectivity index is 1.95. The maximum absolute atomic E-state index is 5.39. The van der Waals surface area contributed by atoms with Gasteiger partial charge < -0.3 is 10.3 Å². The Kier molecular flexibility index (Phi) is 4.92. The van der Waals surface area contributed by atoms with Gasteiger partial charge in [0.1, 0.15) is 0 Å². The topological polar surface area (TPSA) is 55.3 Å². The molecule has 0 aliphatic rings. The van der Waals surface area contributed by atoms with E-state index in [1.54, 1.807) is 6.21 Å². The monoisotopic (exact) mass is 434 g/mol. The Morgan fingerprint density at radius 3 is 2.70 bits per heavy atom. The van der Waals surface area contributed by atoms with Gasteiger partial charge in [-0.3, -0.25) is 5.43 Å². The first kappa shape index (κ1) is 15.9. The number of hydrazone groups is 1. The van der Waals surface area contributed by atoms with Crippen molar-refractivity contribution in [2.24, 2.45) is 10.8 Å². The van der Waals surface area contributed by atoms with Crippen LogP contribution in [0, 0.1) is 3.57 Å². The Morgan fingerprint density at radius 1 is 1.22 bits per heavy atom. The minimum atomic E-state index is 0.156. The van der Waals surface area contributed by atoms with Gasteiger partial charge in [-0.05, 0) is 58.6 Å². The summed E-state index contributed by atoms with van der Waals surface area (Å²) >= 11 is 7.07. The number of nitrogens with one attached hydrogen (secondary N) is 1. The minimum Gasteiger partial charge on any atom is -0.375 e. The molecule has 4 nitrogen and oxygen atoms in total. The van der Waals surface area contributed by atoms with E-state index in [2.05, 4.69) is 80.3 Å². The Labute approximate surface area is 153 Å². The normalized spacial score (nSPS) is 11.2. The second-order valence-electron chi connectivity index (χ2n) is 5.09. The highest BCUT2D eigenvalue weighted by Crippen LogP contribution is 2.21. The summed E-state index contributed by atoms with van der Waals surface area (Å²) in [5.74, 6) is 0. The van der Waals surface area contributed by atoms with Gasteiger partial charge in [-0.15, -0.1) is 0 Å². The van der Waals surface area contributed by atoms with Crippen LogP contribution in [0.5, 0.6) is 0 Å². The molecule has 3 aromatic rings. The van der Waals surface area contributed by atoms with E-state index in [-0.39, 0.29) is 5.11 Å². The number of halogens is 1. The minimum absolute atomic E-state index is 0.156. The molecule has 0 amide bonds. The lowest BCUT2D eigenvalue weighted by Gasteiger charge is -2.05. The van der Waals surface area contributed by atoms with Crippen molar-refractivity contribution in [3.05, 3.63) is 69.4 Å². The van der Waals surface area contributed by atoms with E-state index >= 15 is 0 Å². The highest BCUT2D eigenvalue weighted by atomic mass is 127. The highest BCUT2D eigenvalue weighted by Gasteiger charge is 2.07. The SMILES string of the molecule is NC(=S)NN=Cc1cn(Cc2ccc(I)cc2)c2ccccc12. The molecule has 1 aromatic heterocycles. The third-order valence-electron chi connectivity index (χ3n) is 3.46. The molecule has 116 valence electrons. The molecule has 0 fully saturated rings. The summed E-state index contributed by atoms with van der Waals surface area (Å²) in [6.45, 7) is 0.813. The van der Waals surface area contributed by atoms with Crippen LogP contribution >= 0.6 is 34.8 Å². The maximum Gasteiger partial charge on any atom is 0.184 e. The van der Waals surface area contributed by atoms with Crippen molar-refractivity contribution in [1.29, 1.82) is 0 Å². The number of nitrogens with two attached hydrogens (primary N) is 1. The fourth-order valence-electron chi connectivity index (χ4n) is 2.46. The largest absolute Gasteiger partial charge is 0.375 e. The molecule has 23 heavy (non-hydrogen) atoms. The smallest absolute Gasteiger partial charge is 0.184 e. The average Bonchev–Trinajstić information content (AvgIpc) is 2.88. The highest BCUT2D eigenvalue weighted by molar-refractivity contribution is 14.1. The summed E-state index contributed by atoms with van der Waals surface area (Å²) in [6.07, 6.45) is 3.83. The van der Waals surface area contributed by atoms with Gasteiger partial charge in [-0.25, -0.2) is 0 Å². The molecule has 2 aromatic carbocycles. The van der Waals surface area contributed by atoms with Gasteiger partial charge in [0, 0.05) is 32.8 Å². The molecule has 0 aliphatic carbocycles. The van der Waals surface area contributed by atoms with E-state index in [1.165, 1.54) is 14.7 Å². The van der Waals surface area contributed by atoms with Crippen LogP contribution < -0.4 is 11.2 Å². The number of para-hydroxylation sites is 1. The molecule has 3 N–H and O–H groups in total. The molecule has 0 bridgehead atoms. The standard InChI is InChI=1S/C17H15IN4S/c18-14-7-5-12(6-8-14)10-22-11-13(9-20-21-17(19)23)15-3-1-2-4-16(15)22/h1-9,11H,10H2,(H3,19,21,23). The van der Waals surface area contributed by atoms with Crippen LogP contribution in [-0.2, 0) is 6.54 Å². The predicted molar refractivity (Wildman–Crippen MR) is 108 cm³/mol. The summed E-state index contributed by atoms with van der Waals surface area (Å²) in [5, 5.41) is 5.37. The molecule has 0 unspecified atom stereocenters. The first-order valence-corrected chi connectivity index (χ1v) is 8.53. The fourth-order valence-corrected chi connectivity index (χ4v) is 2.87. The zero-order chi connectivity index (χ0) is 16.2. The van der Waals surface area contributed by atoms with Gasteiger partial charge in [0.25, 0.3) is 0 Å². The van der Waals surface area contributed by atoms with E-state index in [9.17, 15) is 0 Å². The Hall–Kier alpha value is -1.93. The van der Waals surface area contributed by atoms with Crippen LogP contribution in [0.3, 0.4) is 0 Å². The van der Waals surface area contributed by atoms with Crippen molar-refractivity contribution < 1.29 is 0 Å². The molecular formula is C17H15IN4S. The number of rotatable bonds is 4. The summed E-state index contributed by atoms with van der Waals surface area (Å²) in [4.78, 5) is 0. The number of hydrogen-bond donors (Lipinski definition) is 2. The molecule has 1 heterocycles. The first-order chi connectivity index (χ1) is 11.1. The molecule has 0 atom stereocenters. The lowest BCUT2D eigenvalue weighted by molar-refractivity contribution is 0.836. The number of thiocarbonyl (C=S) groups is 1. The maximum atomic E-state index is 5.39. The van der Waals surface area contributed by atoms with E-state index in [4.69, 9.17) is 18.0 Å². The van der Waals surface area contributed by atoms with Gasteiger partial charge in [-0.2, -0.15) is 5.10 Å². The van der Waals surface area contributed by atoms with Gasteiger partial charge in [0.2, 0.25) is 0 Å². The van der Waals surface area contributed by atoms with Crippen molar-refractivity contribution in [3.63, 3.8) is 0 Å². The summed E-state index contributed by atoms with van der Waals surface area (Å²) in [6, 6.07) is 16.8. The van der Waals surface area contributed by atoms with E-state index in [1.807, 2.05) is 12.1 Å². The van der Waals surface area contributed by atoms with Crippen LogP contribution in [0.25, 0.3) is 10.9 Å². The molecule has 0 radical (unpaired) electrons. The van der Waals surface area contributed by atoms with E-state index < -0.39 is 0 Å². The van der Waals surface area contributed by atoms with Crippen molar-refractivity contribution in [2.45, 2.75) is 6.54 Å². The average molecular weight is 434 g/mol. The van der Waals surface area contributed by atoms with Crippen molar-refractivity contribution in [1.82, 2.24) is 9.99 Å². The van der Waals surface area contributed by atoms with Gasteiger partial charge in [0.15, 0.2) is 5.11 Å². The van der Waals surface area contributed by atoms with Crippen LogP contribution in [0.15, 0.2) is 59.8 Å². The summed E-state index contributed by atoms with van der Waals surface area (Å²) in [5.41, 5.74) is 11.4. The predicted octanol–water partition coefficient (Wildman–Crippen LogP) is 3.46. The number of hydrogen-bond acceptors (Lipinski definition) is 2. The second kappa shape index (κ2) is 7.10. The number of nitrogens with zero attached hydrogens (tertiary/aromatic N) is 2. The molecule has 0 aliphatic heterocycles.